The van der Waals surface area contributed by atoms with Crippen LogP contribution < -0.4 is 0 Å². The summed E-state index contributed by atoms with van der Waals surface area (Å²) >= 11 is 0. The van der Waals surface area contributed by atoms with Crippen molar-refractivity contribution in [2.75, 3.05) is 13.2 Å². The average Bonchev–Trinajstić information content (AvgIpc) is 3.77. The number of cyclic esters (lactones) is 1. The Balaban J connectivity index is 1.20. The molecule has 0 bridgehead atoms. The van der Waals surface area contributed by atoms with Crippen molar-refractivity contribution in [2.45, 2.75) is 112 Å². The van der Waals surface area contributed by atoms with Crippen molar-refractivity contribution in [1.82, 2.24) is 0 Å². The number of fused-ring (bicyclic) bond motifs is 4. The first-order chi connectivity index (χ1) is 17.6. The van der Waals surface area contributed by atoms with Crippen LogP contribution >= 0.6 is 0 Å². The van der Waals surface area contributed by atoms with E-state index < -0.39 is 60.2 Å². The van der Waals surface area contributed by atoms with Crippen molar-refractivity contribution in [3.05, 3.63) is 11.1 Å². The molecule has 14 atom stereocenters. The molecule has 4 saturated heterocycles. The lowest BCUT2D eigenvalue weighted by Gasteiger charge is -2.54. The smallest absolute Gasteiger partial charge is 0.334 e. The van der Waals surface area contributed by atoms with Gasteiger partial charge in [-0.15, -0.1) is 0 Å². The molecule has 3 unspecified atom stereocenters. The van der Waals surface area contributed by atoms with Gasteiger partial charge in [-0.2, -0.15) is 0 Å². The molecule has 5 heterocycles. The normalized spacial score (nSPS) is 60.5. The van der Waals surface area contributed by atoms with Crippen molar-refractivity contribution in [2.24, 2.45) is 17.3 Å². The van der Waals surface area contributed by atoms with E-state index in [1.807, 2.05) is 0 Å². The maximum Gasteiger partial charge on any atom is 0.334 e. The minimum Gasteiger partial charge on any atom is -0.458 e. The van der Waals surface area contributed by atoms with Gasteiger partial charge in [0.1, 0.15) is 60.5 Å². The van der Waals surface area contributed by atoms with Gasteiger partial charge < -0.3 is 48.8 Å². The monoisotopic (exact) mass is 522 g/mol. The van der Waals surface area contributed by atoms with Crippen LogP contribution in [0.5, 0.6) is 0 Å². The Morgan fingerprint density at radius 2 is 1.86 bits per heavy atom. The van der Waals surface area contributed by atoms with E-state index in [0.29, 0.717) is 19.4 Å². The number of hydrogen-bond acceptors (Lipinski definition) is 11. The van der Waals surface area contributed by atoms with Gasteiger partial charge >= 0.3 is 5.97 Å². The molecule has 8 rings (SSSR count). The Morgan fingerprint density at radius 1 is 1.08 bits per heavy atom. The van der Waals surface area contributed by atoms with E-state index in [2.05, 4.69) is 20.8 Å². The molecule has 0 aromatic carbocycles. The van der Waals surface area contributed by atoms with E-state index >= 15 is 0 Å². The van der Waals surface area contributed by atoms with Crippen LogP contribution in [0.1, 0.15) is 40.0 Å². The summed E-state index contributed by atoms with van der Waals surface area (Å²) in [6.45, 7) is 6.11. The zero-order chi connectivity index (χ0) is 25.9. The molecule has 0 aromatic rings. The summed E-state index contributed by atoms with van der Waals surface area (Å²) < 4.78 is 37.6. The Labute approximate surface area is 213 Å². The molecule has 4 N–H and O–H groups in total. The molecule has 0 radical (unpaired) electrons. The molecule has 5 aliphatic heterocycles. The highest BCUT2D eigenvalue weighted by molar-refractivity contribution is 5.92. The number of aliphatic hydroxyl groups excluding tert-OH is 4. The number of rotatable bonds is 4. The molecule has 3 aliphatic carbocycles. The van der Waals surface area contributed by atoms with Gasteiger partial charge in [0.05, 0.1) is 12.7 Å². The maximum atomic E-state index is 12.4. The fourth-order valence-electron chi connectivity index (χ4n) is 9.18. The van der Waals surface area contributed by atoms with Crippen LogP contribution in [0.3, 0.4) is 0 Å². The molecule has 204 valence electrons. The summed E-state index contributed by atoms with van der Waals surface area (Å²) in [5, 5.41) is 41.2. The van der Waals surface area contributed by atoms with E-state index in [0.717, 1.165) is 17.6 Å². The van der Waals surface area contributed by atoms with Crippen molar-refractivity contribution in [3.63, 3.8) is 0 Å². The first-order valence-corrected chi connectivity index (χ1v) is 13.5. The van der Waals surface area contributed by atoms with Gasteiger partial charge in [-0.25, -0.2) is 4.79 Å². The SMILES string of the molecule is CC(C)[C@]12O[C@H]1[C@@H]1O[C@]13[C@]1(O[C@H]1C[C@H]1C4=C(CC[C@@]13C)C(=O)OC4)[C@@H]2O[C@@H]1OC(CO)[C@H](O)C(O)C1O. The largest absolute Gasteiger partial charge is 0.458 e. The number of aliphatic hydroxyl groups is 4. The molecule has 6 fully saturated rings. The second-order valence-corrected chi connectivity index (χ2v) is 12.7. The van der Waals surface area contributed by atoms with Crippen LogP contribution in [0, 0.1) is 17.3 Å². The molecule has 37 heavy (non-hydrogen) atoms. The molecule has 2 saturated carbocycles. The number of carbonyl (C=O) groups excluding carboxylic acids is 1. The topological polar surface area (TPSA) is 163 Å². The predicted octanol–water partition coefficient (Wildman–Crippen LogP) is -1.07. The van der Waals surface area contributed by atoms with Gasteiger partial charge in [-0.1, -0.05) is 20.8 Å². The molecule has 2 spiro atoms. The Kier molecular flexibility index (Phi) is 4.45. The lowest BCUT2D eigenvalue weighted by atomic mass is 9.46. The first-order valence-electron chi connectivity index (χ1n) is 13.5. The van der Waals surface area contributed by atoms with Gasteiger partial charge in [0.2, 0.25) is 0 Å². The second-order valence-electron chi connectivity index (χ2n) is 12.7. The van der Waals surface area contributed by atoms with Crippen LogP contribution in [0.15, 0.2) is 11.1 Å². The summed E-state index contributed by atoms with van der Waals surface area (Å²) in [7, 11) is 0. The third-order valence-corrected chi connectivity index (χ3v) is 11.2. The highest BCUT2D eigenvalue weighted by Gasteiger charge is 3.01. The molecular formula is C26H34O11. The fraction of sp³-hybridized carbons (Fsp3) is 0.885. The highest BCUT2D eigenvalue weighted by Crippen LogP contribution is 2.83. The summed E-state index contributed by atoms with van der Waals surface area (Å²) in [4.78, 5) is 12.4. The van der Waals surface area contributed by atoms with E-state index in [1.165, 1.54) is 0 Å². The van der Waals surface area contributed by atoms with Gasteiger partial charge in [-0.3, -0.25) is 0 Å². The summed E-state index contributed by atoms with van der Waals surface area (Å²) in [6.07, 6.45) is -6.18. The van der Waals surface area contributed by atoms with Crippen molar-refractivity contribution < 1.29 is 53.6 Å². The van der Waals surface area contributed by atoms with E-state index in [4.69, 9.17) is 28.4 Å². The fourth-order valence-corrected chi connectivity index (χ4v) is 9.18. The Hall–Kier alpha value is -1.15. The quantitative estimate of drug-likeness (QED) is 0.263. The molecular weight excluding hydrogens is 488 g/mol. The first kappa shape index (κ1) is 23.7. The summed E-state index contributed by atoms with van der Waals surface area (Å²) in [5.74, 6) is -0.111. The van der Waals surface area contributed by atoms with E-state index in [-0.39, 0.29) is 41.5 Å². The third-order valence-electron chi connectivity index (χ3n) is 11.2. The van der Waals surface area contributed by atoms with E-state index in [9.17, 15) is 25.2 Å². The molecule has 0 aromatic heterocycles. The van der Waals surface area contributed by atoms with Crippen LogP contribution in [-0.2, 0) is 33.2 Å². The molecule has 11 nitrogen and oxygen atoms in total. The summed E-state index contributed by atoms with van der Waals surface area (Å²) in [5.41, 5.74) is -0.753. The minimum atomic E-state index is -1.55. The second kappa shape index (κ2) is 6.94. The third kappa shape index (κ3) is 2.41. The Morgan fingerprint density at radius 3 is 2.59 bits per heavy atom. The van der Waals surface area contributed by atoms with Crippen LogP contribution in [-0.4, -0.2) is 112 Å². The molecule has 0 amide bonds. The maximum absolute atomic E-state index is 12.4. The van der Waals surface area contributed by atoms with Crippen LogP contribution in [0.2, 0.25) is 0 Å². The standard InChI is InChI=1S/C26H34O11/c1-9(2)24-18(36-24)19-26(37-19)23(3)5-4-10-11(8-32-20(10)31)12(23)6-14-25(26,35-14)22(24)34-21-17(30)16(29)15(28)13(7-27)33-21/h9,12-19,21-22,27-30H,4-8H2,1-3H3/t12-,13?,14-,15-,16?,17?,18-,19-,21-,22+,23-,24-,25+,26+/m0/s1. The van der Waals surface area contributed by atoms with Crippen LogP contribution in [0.4, 0.5) is 0 Å². The lowest BCUT2D eigenvalue weighted by Crippen LogP contribution is -2.71. The number of carbonyl (C=O) groups is 1. The zero-order valence-electron chi connectivity index (χ0n) is 21.0. The number of epoxide rings is 3. The van der Waals surface area contributed by atoms with Gasteiger partial charge in [0, 0.05) is 11.0 Å². The average molecular weight is 523 g/mol. The number of ether oxygens (including phenoxy) is 6. The number of esters is 1. The van der Waals surface area contributed by atoms with Crippen molar-refractivity contribution in [3.8, 4) is 0 Å². The van der Waals surface area contributed by atoms with Crippen LogP contribution in [0.25, 0.3) is 0 Å². The Bertz CT molecular complexity index is 1110. The minimum absolute atomic E-state index is 0.0286. The van der Waals surface area contributed by atoms with Gasteiger partial charge in [0.15, 0.2) is 11.9 Å². The number of hydrogen-bond donors (Lipinski definition) is 4. The highest BCUT2D eigenvalue weighted by atomic mass is 16.8. The molecule has 8 aliphatic rings. The molecule has 11 heteroatoms. The van der Waals surface area contributed by atoms with Crippen molar-refractivity contribution >= 4 is 5.97 Å². The van der Waals surface area contributed by atoms with Crippen molar-refractivity contribution in [1.29, 1.82) is 0 Å². The zero-order valence-corrected chi connectivity index (χ0v) is 21.0. The summed E-state index contributed by atoms with van der Waals surface area (Å²) in [6, 6.07) is 0. The van der Waals surface area contributed by atoms with Gasteiger partial charge in [-0.05, 0) is 36.7 Å². The predicted molar refractivity (Wildman–Crippen MR) is 120 cm³/mol. The van der Waals surface area contributed by atoms with E-state index in [1.54, 1.807) is 0 Å². The lowest BCUT2D eigenvalue weighted by molar-refractivity contribution is -0.325. The van der Waals surface area contributed by atoms with Gasteiger partial charge in [0.25, 0.3) is 0 Å².